The fourth-order valence-electron chi connectivity index (χ4n) is 3.36. The maximum atomic E-state index is 12.2. The van der Waals surface area contributed by atoms with Crippen molar-refractivity contribution >= 4 is 22.2 Å². The molecule has 0 atom stereocenters. The first-order valence-corrected chi connectivity index (χ1v) is 8.67. The maximum Gasteiger partial charge on any atom is 0.280 e. The molecular weight excluding hydrogens is 282 g/mol. The first-order chi connectivity index (χ1) is 10.2. The fourth-order valence-corrected chi connectivity index (χ4v) is 4.61. The largest absolute Gasteiger partial charge is 0.327 e. The van der Waals surface area contributed by atoms with Crippen LogP contribution in [0.4, 0.5) is 5.00 Å². The number of quaternary nitrogens is 1. The van der Waals surface area contributed by atoms with Gasteiger partial charge in [0.25, 0.3) is 5.91 Å². The van der Waals surface area contributed by atoms with Gasteiger partial charge in [0, 0.05) is 4.88 Å². The van der Waals surface area contributed by atoms with E-state index in [4.69, 9.17) is 0 Å². The Bertz CT molecular complexity index is 579. The third-order valence-corrected chi connectivity index (χ3v) is 5.89. The zero-order valence-corrected chi connectivity index (χ0v) is 13.3. The number of anilines is 1. The number of aryl methyl sites for hydroxylation is 1. The van der Waals surface area contributed by atoms with Crippen molar-refractivity contribution in [1.82, 2.24) is 0 Å². The summed E-state index contributed by atoms with van der Waals surface area (Å²) in [6.07, 6.45) is 5.60. The van der Waals surface area contributed by atoms with Gasteiger partial charge < -0.3 is 10.2 Å². The molecule has 0 aromatic carbocycles. The van der Waals surface area contributed by atoms with Crippen molar-refractivity contribution in [2.75, 3.05) is 25.0 Å². The smallest absolute Gasteiger partial charge is 0.280 e. The van der Waals surface area contributed by atoms with Crippen LogP contribution in [-0.4, -0.2) is 25.5 Å². The number of carbonyl (C=O) groups excluding carboxylic acids is 1. The highest BCUT2D eigenvalue weighted by atomic mass is 32.1. The molecule has 21 heavy (non-hydrogen) atoms. The molecule has 1 aliphatic heterocycles. The van der Waals surface area contributed by atoms with Crippen molar-refractivity contribution in [2.24, 2.45) is 5.92 Å². The average Bonchev–Trinajstić information content (AvgIpc) is 3.01. The van der Waals surface area contributed by atoms with Crippen LogP contribution in [0, 0.1) is 17.2 Å². The summed E-state index contributed by atoms with van der Waals surface area (Å²) in [5, 5.41) is 13.1. The minimum absolute atomic E-state index is 0.0518. The molecule has 2 aliphatic rings. The lowest BCUT2D eigenvalue weighted by Crippen LogP contribution is -3.14. The van der Waals surface area contributed by atoms with Gasteiger partial charge in [-0.05, 0) is 43.6 Å². The van der Waals surface area contributed by atoms with Gasteiger partial charge in [0.2, 0.25) is 0 Å². The fraction of sp³-hybridized carbons (Fsp3) is 0.625. The lowest BCUT2D eigenvalue weighted by atomic mass is 9.99. The van der Waals surface area contributed by atoms with E-state index in [1.165, 1.54) is 28.2 Å². The van der Waals surface area contributed by atoms with Gasteiger partial charge in [-0.1, -0.05) is 6.92 Å². The molecule has 0 unspecified atom stereocenters. The first kappa shape index (κ1) is 14.6. The average molecular weight is 304 g/mol. The minimum atomic E-state index is 0.0518. The van der Waals surface area contributed by atoms with Crippen LogP contribution in [-0.2, 0) is 17.6 Å². The van der Waals surface area contributed by atoms with Crippen molar-refractivity contribution in [2.45, 2.75) is 39.0 Å². The normalized spacial score (nSPS) is 24.4. The molecular formula is C16H22N3OS+. The molecule has 1 aromatic rings. The molecule has 1 fully saturated rings. The van der Waals surface area contributed by atoms with Crippen molar-refractivity contribution in [1.29, 1.82) is 5.26 Å². The Kier molecular flexibility index (Phi) is 4.27. The second-order valence-electron chi connectivity index (χ2n) is 6.33. The van der Waals surface area contributed by atoms with Crippen LogP contribution < -0.4 is 10.2 Å². The summed E-state index contributed by atoms with van der Waals surface area (Å²) in [5.41, 5.74) is 1.89. The number of likely N-dealkylation sites (tertiary alicyclic amines) is 1. The molecule has 0 radical (unpaired) electrons. The molecule has 0 spiro atoms. The Morgan fingerprint density at radius 3 is 2.90 bits per heavy atom. The third kappa shape index (κ3) is 3.12. The van der Waals surface area contributed by atoms with E-state index >= 15 is 0 Å². The highest BCUT2D eigenvalue weighted by Crippen LogP contribution is 2.38. The summed E-state index contributed by atoms with van der Waals surface area (Å²) in [4.78, 5) is 14.9. The Morgan fingerprint density at radius 1 is 1.43 bits per heavy atom. The second-order valence-corrected chi connectivity index (χ2v) is 7.44. The van der Waals surface area contributed by atoms with Crippen LogP contribution in [0.1, 0.15) is 42.2 Å². The van der Waals surface area contributed by atoms with Crippen LogP contribution >= 0.6 is 11.3 Å². The first-order valence-electron chi connectivity index (χ1n) is 7.85. The molecule has 2 N–H and O–H groups in total. The van der Waals surface area contributed by atoms with Gasteiger partial charge in [0.15, 0.2) is 6.54 Å². The molecule has 1 aromatic heterocycles. The van der Waals surface area contributed by atoms with Crippen molar-refractivity contribution in [3.8, 4) is 6.07 Å². The van der Waals surface area contributed by atoms with Gasteiger partial charge in [-0.3, -0.25) is 4.79 Å². The van der Waals surface area contributed by atoms with Gasteiger partial charge in [0.1, 0.15) is 11.1 Å². The summed E-state index contributed by atoms with van der Waals surface area (Å²) in [7, 11) is 0. The van der Waals surface area contributed by atoms with Crippen LogP contribution in [0.15, 0.2) is 0 Å². The Morgan fingerprint density at radius 2 is 2.19 bits per heavy atom. The van der Waals surface area contributed by atoms with E-state index in [0.29, 0.717) is 12.1 Å². The molecule has 4 nitrogen and oxygen atoms in total. The predicted octanol–water partition coefficient (Wildman–Crippen LogP) is 1.36. The van der Waals surface area contributed by atoms with Gasteiger partial charge >= 0.3 is 0 Å². The Hall–Kier alpha value is -1.38. The van der Waals surface area contributed by atoms with E-state index < -0.39 is 0 Å². The molecule has 1 saturated heterocycles. The van der Waals surface area contributed by atoms with E-state index in [2.05, 4.69) is 18.3 Å². The van der Waals surface area contributed by atoms with E-state index in [0.717, 1.165) is 43.3 Å². The topological polar surface area (TPSA) is 57.3 Å². The monoisotopic (exact) mass is 304 g/mol. The number of fused-ring (bicyclic) bond motifs is 1. The SMILES string of the molecule is CC1CC[NH+](CC(=O)Nc2sc3c(c2C#N)CCC3)CC1. The van der Waals surface area contributed by atoms with Crippen molar-refractivity contribution in [3.05, 3.63) is 16.0 Å². The van der Waals surface area contributed by atoms with E-state index in [-0.39, 0.29) is 5.91 Å². The van der Waals surface area contributed by atoms with E-state index in [1.54, 1.807) is 11.3 Å². The highest BCUT2D eigenvalue weighted by molar-refractivity contribution is 7.16. The Balaban J connectivity index is 1.62. The summed E-state index contributed by atoms with van der Waals surface area (Å²) in [6, 6.07) is 2.28. The number of piperidine rings is 1. The van der Waals surface area contributed by atoms with E-state index in [1.807, 2.05) is 0 Å². The molecule has 0 saturated carbocycles. The summed E-state index contributed by atoms with van der Waals surface area (Å²) >= 11 is 1.60. The predicted molar refractivity (Wildman–Crippen MR) is 83.7 cm³/mol. The lowest BCUT2D eigenvalue weighted by molar-refractivity contribution is -0.897. The summed E-state index contributed by atoms with van der Waals surface area (Å²) in [6.45, 7) is 4.98. The van der Waals surface area contributed by atoms with Crippen LogP contribution in [0.2, 0.25) is 0 Å². The third-order valence-electron chi connectivity index (χ3n) is 4.68. The number of nitriles is 1. The number of rotatable bonds is 3. The van der Waals surface area contributed by atoms with Crippen LogP contribution in [0.3, 0.4) is 0 Å². The number of carbonyl (C=O) groups is 1. The molecule has 1 amide bonds. The summed E-state index contributed by atoms with van der Waals surface area (Å²) in [5.74, 6) is 0.846. The number of thiophene rings is 1. The quantitative estimate of drug-likeness (QED) is 0.886. The van der Waals surface area contributed by atoms with Crippen molar-refractivity contribution in [3.63, 3.8) is 0 Å². The second kappa shape index (κ2) is 6.17. The van der Waals surface area contributed by atoms with Crippen molar-refractivity contribution < 1.29 is 9.69 Å². The lowest BCUT2D eigenvalue weighted by Gasteiger charge is -2.26. The molecule has 5 heteroatoms. The number of amides is 1. The zero-order valence-electron chi connectivity index (χ0n) is 12.5. The standard InChI is InChI=1S/C16H21N3OS/c1-11-5-7-19(8-6-11)10-15(20)18-16-13(9-17)12-3-2-4-14(12)21-16/h11H,2-8,10H2,1H3,(H,18,20)/p+1. The molecule has 112 valence electrons. The summed E-state index contributed by atoms with van der Waals surface area (Å²) < 4.78 is 0. The van der Waals surface area contributed by atoms with Gasteiger partial charge in [-0.15, -0.1) is 11.3 Å². The van der Waals surface area contributed by atoms with Crippen LogP contribution in [0.5, 0.6) is 0 Å². The molecule has 2 heterocycles. The van der Waals surface area contributed by atoms with Gasteiger partial charge in [0.05, 0.1) is 18.7 Å². The minimum Gasteiger partial charge on any atom is -0.327 e. The number of hydrogen-bond donors (Lipinski definition) is 2. The van der Waals surface area contributed by atoms with Gasteiger partial charge in [-0.25, -0.2) is 0 Å². The molecule has 0 bridgehead atoms. The molecule has 3 rings (SSSR count). The number of hydrogen-bond acceptors (Lipinski definition) is 3. The highest BCUT2D eigenvalue weighted by Gasteiger charge is 2.25. The van der Waals surface area contributed by atoms with Gasteiger partial charge in [-0.2, -0.15) is 5.26 Å². The van der Waals surface area contributed by atoms with Crippen LogP contribution in [0.25, 0.3) is 0 Å². The maximum absolute atomic E-state index is 12.2. The Labute approximate surface area is 129 Å². The number of nitrogens with one attached hydrogen (secondary N) is 2. The zero-order chi connectivity index (χ0) is 14.8. The van der Waals surface area contributed by atoms with E-state index in [9.17, 15) is 10.1 Å². The number of nitrogens with zero attached hydrogens (tertiary/aromatic N) is 1. The molecule has 1 aliphatic carbocycles.